The number of aliphatic hydroxyl groups is 4. The first-order valence-corrected chi connectivity index (χ1v) is 13.2. The molecule has 8 atom stereocenters. The summed E-state index contributed by atoms with van der Waals surface area (Å²) in [6, 6.07) is 0. The molecule has 0 spiro atoms. The van der Waals surface area contributed by atoms with E-state index in [-0.39, 0.29) is 29.7 Å². The lowest BCUT2D eigenvalue weighted by Gasteiger charge is -2.63. The van der Waals surface area contributed by atoms with Crippen LogP contribution in [0, 0.1) is 39.4 Å². The number of rotatable bonds is 4. The van der Waals surface area contributed by atoms with Crippen LogP contribution in [0.1, 0.15) is 74.7 Å². The van der Waals surface area contributed by atoms with Gasteiger partial charge in [0.25, 0.3) is 0 Å². The molecule has 0 unspecified atom stereocenters. The zero-order chi connectivity index (χ0) is 28.1. The Morgan fingerprint density at radius 3 is 2.22 bits per heavy atom. The minimum Gasteiger partial charge on any atom is -0.505 e. The van der Waals surface area contributed by atoms with Gasteiger partial charge in [0.15, 0.2) is 11.5 Å². The maximum atomic E-state index is 14.2. The van der Waals surface area contributed by atoms with Gasteiger partial charge in [-0.2, -0.15) is 0 Å². The largest absolute Gasteiger partial charge is 0.505 e. The Kier molecular flexibility index (Phi) is 6.01. The van der Waals surface area contributed by atoms with E-state index in [1.807, 2.05) is 26.8 Å². The summed E-state index contributed by atoms with van der Waals surface area (Å²) in [6.45, 7) is 13.8. The van der Waals surface area contributed by atoms with Gasteiger partial charge in [0.1, 0.15) is 11.4 Å². The highest BCUT2D eigenvalue weighted by atomic mass is 16.3. The van der Waals surface area contributed by atoms with Crippen LogP contribution in [0.25, 0.3) is 0 Å². The normalized spacial score (nSPS) is 42.9. The quantitative estimate of drug-likeness (QED) is 0.333. The average molecular weight is 515 g/mol. The van der Waals surface area contributed by atoms with Crippen LogP contribution in [0.5, 0.6) is 0 Å². The lowest BCUT2D eigenvalue weighted by molar-refractivity contribution is -0.179. The van der Waals surface area contributed by atoms with Crippen LogP contribution in [0.2, 0.25) is 0 Å². The SMILES string of the molecule is CC(C)(O)/C=C/C(=O)[C@](C)(O)[C@@H]1[C@H](O)C[C@@]2(C)[C@@H]3CC=C4[C@H](C=C(O)C(=O)C4(C)C)[C@@]3(C)C(=O)C[C@]12C. The van der Waals surface area contributed by atoms with E-state index in [2.05, 4.69) is 0 Å². The maximum Gasteiger partial charge on any atom is 0.206 e. The number of carbonyl (C=O) groups is 3. The van der Waals surface area contributed by atoms with Crippen molar-refractivity contribution in [1.82, 2.24) is 0 Å². The molecular formula is C30H42O7. The molecule has 4 rings (SSSR count). The number of hydrogen-bond donors (Lipinski definition) is 4. The van der Waals surface area contributed by atoms with Gasteiger partial charge < -0.3 is 20.4 Å². The number of allylic oxidation sites excluding steroid dienone is 4. The van der Waals surface area contributed by atoms with Gasteiger partial charge in [0, 0.05) is 23.7 Å². The van der Waals surface area contributed by atoms with Crippen molar-refractivity contribution < 1.29 is 34.8 Å². The molecule has 4 aliphatic carbocycles. The van der Waals surface area contributed by atoms with Crippen LogP contribution in [0.15, 0.2) is 35.6 Å². The second kappa shape index (κ2) is 7.96. The van der Waals surface area contributed by atoms with Crippen LogP contribution in [0.3, 0.4) is 0 Å². The third kappa shape index (κ3) is 3.60. The van der Waals surface area contributed by atoms with Crippen molar-refractivity contribution in [3.8, 4) is 0 Å². The van der Waals surface area contributed by atoms with Gasteiger partial charge in [-0.15, -0.1) is 0 Å². The highest BCUT2D eigenvalue weighted by Gasteiger charge is 2.74. The van der Waals surface area contributed by atoms with E-state index in [0.29, 0.717) is 12.8 Å². The highest BCUT2D eigenvalue weighted by Crippen LogP contribution is 2.73. The van der Waals surface area contributed by atoms with E-state index in [0.717, 1.165) is 11.6 Å². The third-order valence-corrected chi connectivity index (χ3v) is 10.8. The van der Waals surface area contributed by atoms with Gasteiger partial charge in [-0.3, -0.25) is 14.4 Å². The Balaban J connectivity index is 1.82. The lowest BCUT2D eigenvalue weighted by Crippen LogP contribution is -2.64. The van der Waals surface area contributed by atoms with Crippen molar-refractivity contribution in [3.63, 3.8) is 0 Å². The predicted octanol–water partition coefficient (Wildman–Crippen LogP) is 3.62. The van der Waals surface area contributed by atoms with Crippen molar-refractivity contribution >= 4 is 17.3 Å². The highest BCUT2D eigenvalue weighted by molar-refractivity contribution is 6.02. The second-order valence-corrected chi connectivity index (χ2v) is 13.9. The Hall–Kier alpha value is -2.09. The summed E-state index contributed by atoms with van der Waals surface area (Å²) in [5.41, 5.74) is -5.75. The standard InChI is InChI=1S/C30H42O7/c1-25(2,36)12-11-21(33)30(8,37)23-19(32)14-27(5)20-10-9-16-17(13-18(31)24(35)26(16,3)4)29(20,7)22(34)15-28(23,27)6/h9,11-13,17,19-20,23,31-32,36-37H,10,14-15H2,1-8H3/b12-11+/t17-,19+,20-,23+,27-,28+,29+,30-/m0/s1. The van der Waals surface area contributed by atoms with Crippen molar-refractivity contribution in [2.75, 3.05) is 0 Å². The maximum absolute atomic E-state index is 14.2. The van der Waals surface area contributed by atoms with Gasteiger partial charge in [0.2, 0.25) is 5.78 Å². The molecule has 4 N–H and O–H groups in total. The molecule has 2 saturated carbocycles. The topological polar surface area (TPSA) is 132 Å². The molecule has 7 nitrogen and oxygen atoms in total. The molecule has 0 radical (unpaired) electrons. The van der Waals surface area contributed by atoms with E-state index >= 15 is 0 Å². The van der Waals surface area contributed by atoms with E-state index in [9.17, 15) is 34.8 Å². The summed E-state index contributed by atoms with van der Waals surface area (Å²) in [6.07, 6.45) is 5.85. The predicted molar refractivity (Wildman–Crippen MR) is 138 cm³/mol. The lowest BCUT2D eigenvalue weighted by atomic mass is 9.39. The summed E-state index contributed by atoms with van der Waals surface area (Å²) < 4.78 is 0. The fraction of sp³-hybridized carbons (Fsp3) is 0.700. The molecule has 0 heterocycles. The molecule has 0 aromatic carbocycles. The molecule has 37 heavy (non-hydrogen) atoms. The molecule has 204 valence electrons. The fourth-order valence-corrected chi connectivity index (χ4v) is 8.58. The Morgan fingerprint density at radius 2 is 1.65 bits per heavy atom. The van der Waals surface area contributed by atoms with E-state index in [1.165, 1.54) is 32.9 Å². The van der Waals surface area contributed by atoms with Crippen LogP contribution in [0.4, 0.5) is 0 Å². The van der Waals surface area contributed by atoms with Gasteiger partial charge in [-0.05, 0) is 76.4 Å². The minimum absolute atomic E-state index is 0.0453. The molecule has 4 aliphatic rings. The smallest absolute Gasteiger partial charge is 0.206 e. The zero-order valence-corrected chi connectivity index (χ0v) is 23.3. The molecule has 0 amide bonds. The zero-order valence-electron chi connectivity index (χ0n) is 23.3. The van der Waals surface area contributed by atoms with E-state index in [1.54, 1.807) is 13.8 Å². The van der Waals surface area contributed by atoms with Gasteiger partial charge in [0.05, 0.1) is 17.1 Å². The van der Waals surface area contributed by atoms with Crippen LogP contribution < -0.4 is 0 Å². The molecule has 7 heteroatoms. The van der Waals surface area contributed by atoms with Crippen molar-refractivity contribution in [3.05, 3.63) is 35.6 Å². The van der Waals surface area contributed by atoms with Gasteiger partial charge in [-0.1, -0.05) is 38.5 Å². The van der Waals surface area contributed by atoms with Crippen molar-refractivity contribution in [2.24, 2.45) is 39.4 Å². The second-order valence-electron chi connectivity index (χ2n) is 13.9. The van der Waals surface area contributed by atoms with Crippen molar-refractivity contribution in [1.29, 1.82) is 0 Å². The first-order chi connectivity index (χ1) is 16.7. The van der Waals surface area contributed by atoms with Crippen molar-refractivity contribution in [2.45, 2.75) is 92.0 Å². The average Bonchev–Trinajstić information content (AvgIpc) is 2.96. The van der Waals surface area contributed by atoms with Crippen LogP contribution >= 0.6 is 0 Å². The molecule has 0 bridgehead atoms. The number of hydrogen-bond acceptors (Lipinski definition) is 7. The Morgan fingerprint density at radius 1 is 1.05 bits per heavy atom. The monoisotopic (exact) mass is 514 g/mol. The third-order valence-electron chi connectivity index (χ3n) is 10.8. The summed E-state index contributed by atoms with van der Waals surface area (Å²) >= 11 is 0. The molecule has 0 aromatic heterocycles. The number of Topliss-reactive ketones (excluding diaryl/α,β-unsaturated/α-hetero) is 2. The first kappa shape index (κ1) is 27.9. The van der Waals surface area contributed by atoms with Gasteiger partial charge >= 0.3 is 0 Å². The van der Waals surface area contributed by atoms with E-state index < -0.39 is 56.6 Å². The van der Waals surface area contributed by atoms with Crippen LogP contribution in [-0.2, 0) is 14.4 Å². The van der Waals surface area contributed by atoms with E-state index in [4.69, 9.17) is 0 Å². The summed E-state index contributed by atoms with van der Waals surface area (Å²) in [7, 11) is 0. The number of aliphatic hydroxyl groups excluding tert-OH is 2. The molecule has 2 fully saturated rings. The summed E-state index contributed by atoms with van der Waals surface area (Å²) in [5.74, 6) is -2.98. The first-order valence-electron chi connectivity index (χ1n) is 13.2. The Bertz CT molecular complexity index is 1150. The van der Waals surface area contributed by atoms with Crippen LogP contribution in [-0.4, -0.2) is 55.1 Å². The van der Waals surface area contributed by atoms with Gasteiger partial charge in [-0.25, -0.2) is 0 Å². The number of carbonyl (C=O) groups excluding carboxylic acids is 3. The molecule has 0 aliphatic heterocycles. The molecule has 0 saturated heterocycles. The fourth-order valence-electron chi connectivity index (χ4n) is 8.58. The Labute approximate surface area is 219 Å². The minimum atomic E-state index is -1.96. The molecular weight excluding hydrogens is 472 g/mol. The summed E-state index contributed by atoms with van der Waals surface area (Å²) in [4.78, 5) is 40.1. The summed E-state index contributed by atoms with van der Waals surface area (Å²) in [5, 5.41) is 43.6. The number of fused-ring (bicyclic) bond motifs is 5. The molecule has 0 aromatic rings. The number of ketones is 3.